The number of rotatable bonds is 3. The fourth-order valence-electron chi connectivity index (χ4n) is 1.04. The number of phenolic OH excluding ortho intramolecular Hbond substituents is 1. The zero-order chi connectivity index (χ0) is 11.5. The van der Waals surface area contributed by atoms with Crippen LogP contribution in [0.3, 0.4) is 0 Å². The van der Waals surface area contributed by atoms with Gasteiger partial charge in [-0.3, -0.25) is 0 Å². The van der Waals surface area contributed by atoms with Gasteiger partial charge in [0.25, 0.3) is 0 Å². The van der Waals surface area contributed by atoms with E-state index in [1.54, 1.807) is 18.3 Å². The average molecular weight is 209 g/mol. The van der Waals surface area contributed by atoms with Crippen LogP contribution in [0.5, 0.6) is 11.5 Å². The molecular formula is C11H17N2O2+. The highest BCUT2D eigenvalue weighted by Crippen LogP contribution is 2.28. The lowest BCUT2D eigenvalue weighted by molar-refractivity contribution is -0.876. The fraction of sp³-hybridized carbons (Fsp3) is 0.364. The molecule has 15 heavy (non-hydrogen) atoms. The Labute approximate surface area is 90.0 Å². The number of hydrogen-bond donors (Lipinski definition) is 1. The molecule has 82 valence electrons. The fourth-order valence-corrected chi connectivity index (χ4v) is 1.04. The van der Waals surface area contributed by atoms with Gasteiger partial charge in [-0.2, -0.15) is 0 Å². The molecule has 0 saturated carbocycles. The predicted octanol–water partition coefficient (Wildman–Crippen LogP) is 1.44. The molecular weight excluding hydrogens is 192 g/mol. The first-order valence-electron chi connectivity index (χ1n) is 4.67. The SMILES string of the molecule is COc1cccc(C=N[N+](C)(C)C)c1O. The highest BCUT2D eigenvalue weighted by molar-refractivity contribution is 5.84. The van der Waals surface area contributed by atoms with E-state index in [1.807, 2.05) is 27.2 Å². The van der Waals surface area contributed by atoms with Gasteiger partial charge in [0.1, 0.15) is 0 Å². The molecule has 0 unspecified atom stereocenters. The van der Waals surface area contributed by atoms with Gasteiger partial charge >= 0.3 is 0 Å². The van der Waals surface area contributed by atoms with Crippen LogP contribution in [0.1, 0.15) is 5.56 Å². The molecule has 0 aromatic heterocycles. The van der Waals surface area contributed by atoms with Crippen LogP contribution in [-0.2, 0) is 0 Å². The number of phenols is 1. The van der Waals surface area contributed by atoms with Gasteiger partial charge in [-0.25, -0.2) is 4.59 Å². The van der Waals surface area contributed by atoms with E-state index in [1.165, 1.54) is 7.11 Å². The van der Waals surface area contributed by atoms with Crippen molar-refractivity contribution in [3.05, 3.63) is 23.8 Å². The summed E-state index contributed by atoms with van der Waals surface area (Å²) in [7, 11) is 7.34. The average Bonchev–Trinajstić information content (AvgIpc) is 2.15. The maximum Gasteiger partial charge on any atom is 0.166 e. The second kappa shape index (κ2) is 4.31. The Bertz CT molecular complexity index is 367. The number of para-hydroxylation sites is 1. The van der Waals surface area contributed by atoms with Crippen LogP contribution in [0.15, 0.2) is 23.3 Å². The lowest BCUT2D eigenvalue weighted by Gasteiger charge is -2.14. The molecule has 0 aliphatic rings. The molecule has 1 rings (SSSR count). The predicted molar refractivity (Wildman–Crippen MR) is 60.3 cm³/mol. The van der Waals surface area contributed by atoms with Crippen LogP contribution in [0, 0.1) is 0 Å². The molecule has 0 radical (unpaired) electrons. The molecule has 0 aliphatic heterocycles. The number of methoxy groups -OCH3 is 1. The summed E-state index contributed by atoms with van der Waals surface area (Å²) in [6.07, 6.45) is 1.64. The van der Waals surface area contributed by atoms with Crippen molar-refractivity contribution >= 4 is 6.21 Å². The number of hydrogen-bond acceptors (Lipinski definition) is 3. The van der Waals surface area contributed by atoms with Gasteiger partial charge in [-0.1, -0.05) is 11.2 Å². The van der Waals surface area contributed by atoms with Crippen molar-refractivity contribution in [1.29, 1.82) is 0 Å². The maximum absolute atomic E-state index is 9.76. The number of nitrogens with zero attached hydrogens (tertiary/aromatic N) is 2. The van der Waals surface area contributed by atoms with Gasteiger partial charge in [0.2, 0.25) is 0 Å². The zero-order valence-corrected chi connectivity index (χ0v) is 9.56. The molecule has 0 bridgehead atoms. The minimum Gasteiger partial charge on any atom is -0.504 e. The first-order valence-corrected chi connectivity index (χ1v) is 4.67. The van der Waals surface area contributed by atoms with Crippen LogP contribution in [0.25, 0.3) is 0 Å². The summed E-state index contributed by atoms with van der Waals surface area (Å²) in [6, 6.07) is 5.31. The molecule has 0 aliphatic carbocycles. The molecule has 4 nitrogen and oxygen atoms in total. The van der Waals surface area contributed by atoms with Gasteiger partial charge < -0.3 is 9.84 Å². The normalized spacial score (nSPS) is 12.0. The molecule has 4 heteroatoms. The van der Waals surface area contributed by atoms with Crippen molar-refractivity contribution < 1.29 is 14.4 Å². The smallest absolute Gasteiger partial charge is 0.166 e. The van der Waals surface area contributed by atoms with Gasteiger partial charge in [0.05, 0.1) is 34.5 Å². The van der Waals surface area contributed by atoms with Crippen LogP contribution >= 0.6 is 0 Å². The summed E-state index contributed by atoms with van der Waals surface area (Å²) < 4.78 is 5.46. The number of aromatic hydroxyl groups is 1. The molecule has 0 spiro atoms. The molecule has 1 aromatic rings. The standard InChI is InChI=1S/C11H16N2O2/c1-13(2,3)12-8-9-6-5-7-10(15-4)11(9)14/h5-8H,1-4H3/p+1. The Morgan fingerprint density at radius 1 is 1.33 bits per heavy atom. The van der Waals surface area contributed by atoms with Crippen molar-refractivity contribution in [2.24, 2.45) is 5.10 Å². The largest absolute Gasteiger partial charge is 0.504 e. The summed E-state index contributed by atoms with van der Waals surface area (Å²) in [5, 5.41) is 14.0. The van der Waals surface area contributed by atoms with E-state index < -0.39 is 0 Å². The monoisotopic (exact) mass is 209 g/mol. The van der Waals surface area contributed by atoms with Crippen molar-refractivity contribution in [3.8, 4) is 11.5 Å². The second-order valence-electron chi connectivity index (χ2n) is 4.08. The molecule has 0 saturated heterocycles. The molecule has 0 amide bonds. The van der Waals surface area contributed by atoms with Gasteiger partial charge in [0, 0.05) is 5.56 Å². The molecule has 1 N–H and O–H groups in total. The summed E-state index contributed by atoms with van der Waals surface area (Å²) in [5.41, 5.74) is 0.655. The third-order valence-corrected chi connectivity index (χ3v) is 1.79. The Kier molecular flexibility index (Phi) is 3.31. The van der Waals surface area contributed by atoms with Crippen LogP contribution < -0.4 is 4.74 Å². The third-order valence-electron chi connectivity index (χ3n) is 1.79. The summed E-state index contributed by atoms with van der Waals surface area (Å²) in [5.74, 6) is 0.581. The van der Waals surface area contributed by atoms with Gasteiger partial charge in [0.15, 0.2) is 11.5 Å². The lowest BCUT2D eigenvalue weighted by atomic mass is 10.2. The van der Waals surface area contributed by atoms with Crippen LogP contribution in [-0.4, -0.2) is 44.2 Å². The van der Waals surface area contributed by atoms with Gasteiger partial charge in [-0.05, 0) is 12.1 Å². The van der Waals surface area contributed by atoms with E-state index in [0.29, 0.717) is 15.9 Å². The number of benzene rings is 1. The van der Waals surface area contributed by atoms with E-state index in [4.69, 9.17) is 4.74 Å². The molecule has 0 atom stereocenters. The van der Waals surface area contributed by atoms with E-state index in [0.717, 1.165) is 0 Å². The van der Waals surface area contributed by atoms with Crippen molar-refractivity contribution in [3.63, 3.8) is 0 Å². The van der Waals surface area contributed by atoms with Crippen molar-refractivity contribution in [2.75, 3.05) is 28.3 Å². The first-order chi connectivity index (χ1) is 6.94. The van der Waals surface area contributed by atoms with E-state index in [-0.39, 0.29) is 5.75 Å². The summed E-state index contributed by atoms with van der Waals surface area (Å²) in [6.45, 7) is 0. The van der Waals surface area contributed by atoms with Crippen LogP contribution in [0.4, 0.5) is 0 Å². The Hall–Kier alpha value is -1.55. The van der Waals surface area contributed by atoms with Crippen molar-refractivity contribution in [1.82, 2.24) is 0 Å². The first kappa shape index (κ1) is 11.5. The van der Waals surface area contributed by atoms with E-state index in [9.17, 15) is 5.11 Å². The maximum atomic E-state index is 9.76. The topological polar surface area (TPSA) is 41.8 Å². The van der Waals surface area contributed by atoms with Gasteiger partial charge in [-0.15, -0.1) is 0 Å². The number of quaternary nitrogens is 1. The summed E-state index contributed by atoms with van der Waals surface area (Å²) >= 11 is 0. The van der Waals surface area contributed by atoms with Crippen molar-refractivity contribution in [2.45, 2.75) is 0 Å². The van der Waals surface area contributed by atoms with E-state index >= 15 is 0 Å². The third kappa shape index (κ3) is 3.25. The summed E-state index contributed by atoms with van der Waals surface area (Å²) in [4.78, 5) is 0. The zero-order valence-electron chi connectivity index (χ0n) is 9.56. The number of ether oxygens (including phenoxy) is 1. The van der Waals surface area contributed by atoms with E-state index in [2.05, 4.69) is 5.10 Å². The highest BCUT2D eigenvalue weighted by Gasteiger charge is 2.07. The quantitative estimate of drug-likeness (QED) is 0.465. The second-order valence-corrected chi connectivity index (χ2v) is 4.08. The molecule has 0 fully saturated rings. The van der Waals surface area contributed by atoms with Crippen LogP contribution in [0.2, 0.25) is 0 Å². The lowest BCUT2D eigenvalue weighted by Crippen LogP contribution is -2.27. The highest BCUT2D eigenvalue weighted by atomic mass is 16.5. The Balaban J connectivity index is 3.01. The minimum atomic E-state index is 0.122. The molecule has 1 aromatic carbocycles. The Morgan fingerprint density at radius 2 is 2.00 bits per heavy atom. The Morgan fingerprint density at radius 3 is 2.53 bits per heavy atom. The molecule has 0 heterocycles. The minimum absolute atomic E-state index is 0.122.